The molecule has 0 atom stereocenters. The van der Waals surface area contributed by atoms with Crippen molar-refractivity contribution in [2.45, 2.75) is 19.4 Å². The van der Waals surface area contributed by atoms with E-state index in [-0.39, 0.29) is 0 Å². The Morgan fingerprint density at radius 3 is 2.53 bits per heavy atom. The Balaban J connectivity index is 1.85. The molecule has 0 bridgehead atoms. The fraction of sp³-hybridized carbons (Fsp3) is 0.600. The third kappa shape index (κ3) is 4.79. The molecule has 1 heterocycles. The highest BCUT2D eigenvalue weighted by atomic mass is 79.9. The van der Waals surface area contributed by atoms with Gasteiger partial charge in [0.1, 0.15) is 0 Å². The Bertz CT molecular complexity index is 392. The van der Waals surface area contributed by atoms with E-state index in [4.69, 9.17) is 5.73 Å². The van der Waals surface area contributed by atoms with E-state index in [1.807, 2.05) is 6.07 Å². The van der Waals surface area contributed by atoms with Crippen molar-refractivity contribution in [1.82, 2.24) is 9.80 Å². The third-order valence-corrected chi connectivity index (χ3v) is 4.17. The van der Waals surface area contributed by atoms with Crippen LogP contribution in [0.1, 0.15) is 18.4 Å². The maximum Gasteiger partial charge on any atom is 0.0328 e. The molecular weight excluding hydrogens is 302 g/mol. The SMILES string of the molecule is CN(C)CC1CCN(Cc2cc(N)cc(Br)c2)CC1. The average Bonchev–Trinajstić information content (AvgIpc) is 2.29. The minimum atomic E-state index is 0.840. The Hall–Kier alpha value is -0.580. The quantitative estimate of drug-likeness (QED) is 0.864. The van der Waals surface area contributed by atoms with Gasteiger partial charge in [-0.05, 0) is 69.7 Å². The first-order valence-corrected chi connectivity index (χ1v) is 7.74. The molecule has 4 heteroatoms. The number of hydrogen-bond donors (Lipinski definition) is 1. The molecule has 0 spiro atoms. The van der Waals surface area contributed by atoms with E-state index >= 15 is 0 Å². The van der Waals surface area contributed by atoms with Crippen LogP contribution in [0.25, 0.3) is 0 Å². The predicted molar refractivity (Wildman–Crippen MR) is 85.1 cm³/mol. The maximum atomic E-state index is 5.89. The molecule has 1 aliphatic heterocycles. The van der Waals surface area contributed by atoms with Gasteiger partial charge in [0.15, 0.2) is 0 Å². The van der Waals surface area contributed by atoms with E-state index in [1.165, 1.54) is 38.0 Å². The fourth-order valence-corrected chi connectivity index (χ4v) is 3.43. The molecule has 2 rings (SSSR count). The molecule has 0 unspecified atom stereocenters. The zero-order chi connectivity index (χ0) is 13.8. The van der Waals surface area contributed by atoms with Gasteiger partial charge in [-0.15, -0.1) is 0 Å². The molecule has 19 heavy (non-hydrogen) atoms. The van der Waals surface area contributed by atoms with Gasteiger partial charge < -0.3 is 10.6 Å². The minimum absolute atomic E-state index is 0.840. The summed E-state index contributed by atoms with van der Waals surface area (Å²) in [6.45, 7) is 4.63. The summed E-state index contributed by atoms with van der Waals surface area (Å²) in [7, 11) is 4.33. The van der Waals surface area contributed by atoms with Gasteiger partial charge in [0.25, 0.3) is 0 Å². The van der Waals surface area contributed by atoms with E-state index in [1.54, 1.807) is 0 Å². The van der Waals surface area contributed by atoms with Crippen LogP contribution >= 0.6 is 15.9 Å². The van der Waals surface area contributed by atoms with Gasteiger partial charge in [0, 0.05) is 23.2 Å². The lowest BCUT2D eigenvalue weighted by Crippen LogP contribution is -2.36. The largest absolute Gasteiger partial charge is 0.399 e. The smallest absolute Gasteiger partial charge is 0.0328 e. The number of piperidine rings is 1. The molecule has 1 fully saturated rings. The Morgan fingerprint density at radius 2 is 1.95 bits per heavy atom. The maximum absolute atomic E-state index is 5.89. The molecule has 0 saturated carbocycles. The molecule has 1 saturated heterocycles. The highest BCUT2D eigenvalue weighted by molar-refractivity contribution is 9.10. The second-order valence-electron chi connectivity index (χ2n) is 5.87. The molecule has 1 aromatic rings. The Labute approximate surface area is 124 Å². The minimum Gasteiger partial charge on any atom is -0.399 e. The van der Waals surface area contributed by atoms with Crippen LogP contribution in [0.5, 0.6) is 0 Å². The van der Waals surface area contributed by atoms with Gasteiger partial charge >= 0.3 is 0 Å². The highest BCUT2D eigenvalue weighted by Crippen LogP contribution is 2.22. The zero-order valence-electron chi connectivity index (χ0n) is 11.9. The number of likely N-dealkylation sites (tertiary alicyclic amines) is 1. The van der Waals surface area contributed by atoms with Crippen molar-refractivity contribution in [1.29, 1.82) is 0 Å². The van der Waals surface area contributed by atoms with Gasteiger partial charge in [-0.3, -0.25) is 4.90 Å². The summed E-state index contributed by atoms with van der Waals surface area (Å²) in [4.78, 5) is 4.84. The highest BCUT2D eigenvalue weighted by Gasteiger charge is 2.19. The topological polar surface area (TPSA) is 32.5 Å². The fourth-order valence-electron chi connectivity index (χ4n) is 2.87. The van der Waals surface area contributed by atoms with Gasteiger partial charge in [-0.2, -0.15) is 0 Å². The normalized spacial score (nSPS) is 18.1. The summed E-state index contributed by atoms with van der Waals surface area (Å²) in [6.07, 6.45) is 2.61. The first-order valence-electron chi connectivity index (χ1n) is 6.95. The summed E-state index contributed by atoms with van der Waals surface area (Å²) in [5, 5.41) is 0. The molecule has 0 aliphatic carbocycles. The number of hydrogen-bond acceptors (Lipinski definition) is 3. The molecule has 2 N–H and O–H groups in total. The zero-order valence-corrected chi connectivity index (χ0v) is 13.5. The first-order chi connectivity index (χ1) is 9.02. The van der Waals surface area contributed by atoms with Crippen molar-refractivity contribution >= 4 is 21.6 Å². The summed E-state index contributed by atoms with van der Waals surface area (Å²) in [6, 6.07) is 6.20. The molecule has 3 nitrogen and oxygen atoms in total. The van der Waals surface area contributed by atoms with Crippen molar-refractivity contribution in [3.05, 3.63) is 28.2 Å². The van der Waals surface area contributed by atoms with Crippen molar-refractivity contribution in [2.24, 2.45) is 5.92 Å². The van der Waals surface area contributed by atoms with Gasteiger partial charge in [0.2, 0.25) is 0 Å². The third-order valence-electron chi connectivity index (χ3n) is 3.72. The number of nitrogens with two attached hydrogens (primary N) is 1. The van der Waals surface area contributed by atoms with Crippen molar-refractivity contribution in [3.63, 3.8) is 0 Å². The molecular formula is C15H24BrN3. The van der Waals surface area contributed by atoms with Gasteiger partial charge in [-0.25, -0.2) is 0 Å². The van der Waals surface area contributed by atoms with Crippen LogP contribution in [0, 0.1) is 5.92 Å². The van der Waals surface area contributed by atoms with E-state index < -0.39 is 0 Å². The van der Waals surface area contributed by atoms with Crippen LogP contribution in [-0.2, 0) is 6.54 Å². The summed E-state index contributed by atoms with van der Waals surface area (Å²) < 4.78 is 1.07. The lowest BCUT2D eigenvalue weighted by molar-refractivity contribution is 0.157. The van der Waals surface area contributed by atoms with E-state index in [9.17, 15) is 0 Å². The standard InChI is InChI=1S/C15H24BrN3/c1-18(2)10-12-3-5-19(6-4-12)11-13-7-14(16)9-15(17)8-13/h7-9,12H,3-6,10-11,17H2,1-2H3. The molecule has 106 valence electrons. The number of nitrogen functional groups attached to an aromatic ring is 1. The molecule has 1 aromatic carbocycles. The number of anilines is 1. The van der Waals surface area contributed by atoms with E-state index in [0.29, 0.717) is 0 Å². The molecule has 0 radical (unpaired) electrons. The first kappa shape index (κ1) is 14.8. The monoisotopic (exact) mass is 325 g/mol. The van der Waals surface area contributed by atoms with Crippen LogP contribution in [0.3, 0.4) is 0 Å². The Morgan fingerprint density at radius 1 is 1.26 bits per heavy atom. The van der Waals surface area contributed by atoms with Crippen molar-refractivity contribution in [2.75, 3.05) is 39.5 Å². The summed E-state index contributed by atoms with van der Waals surface area (Å²) >= 11 is 3.51. The summed E-state index contributed by atoms with van der Waals surface area (Å²) in [5.41, 5.74) is 8.03. The van der Waals surface area contributed by atoms with Crippen LogP contribution in [0.2, 0.25) is 0 Å². The van der Waals surface area contributed by atoms with Crippen molar-refractivity contribution in [3.8, 4) is 0 Å². The number of benzene rings is 1. The number of rotatable bonds is 4. The number of nitrogens with zero attached hydrogens (tertiary/aromatic N) is 2. The molecule has 0 amide bonds. The van der Waals surface area contributed by atoms with Crippen LogP contribution in [0.15, 0.2) is 22.7 Å². The molecule has 0 aromatic heterocycles. The Kier molecular flexibility index (Phi) is 5.25. The summed E-state index contributed by atoms with van der Waals surface area (Å²) in [5.74, 6) is 0.860. The van der Waals surface area contributed by atoms with Crippen LogP contribution in [0.4, 0.5) is 5.69 Å². The lowest BCUT2D eigenvalue weighted by Gasteiger charge is -2.33. The lowest BCUT2D eigenvalue weighted by atomic mass is 9.96. The van der Waals surface area contributed by atoms with Crippen LogP contribution < -0.4 is 5.73 Å². The van der Waals surface area contributed by atoms with E-state index in [0.717, 1.165) is 22.6 Å². The van der Waals surface area contributed by atoms with Gasteiger partial charge in [-0.1, -0.05) is 15.9 Å². The second-order valence-corrected chi connectivity index (χ2v) is 6.79. The predicted octanol–water partition coefficient (Wildman–Crippen LogP) is 2.80. The van der Waals surface area contributed by atoms with E-state index in [2.05, 4.69) is 52.0 Å². The molecule has 1 aliphatic rings. The van der Waals surface area contributed by atoms with Crippen molar-refractivity contribution < 1.29 is 0 Å². The van der Waals surface area contributed by atoms with Crippen LogP contribution in [-0.4, -0.2) is 43.5 Å². The number of halogens is 1. The average molecular weight is 326 g/mol. The second kappa shape index (κ2) is 6.73. The van der Waals surface area contributed by atoms with Gasteiger partial charge in [0.05, 0.1) is 0 Å².